The number of ether oxygens (including phenoxy) is 1. The number of carbonyl (C=O) groups excluding carboxylic acids is 1. The van der Waals surface area contributed by atoms with Crippen molar-refractivity contribution >= 4 is 22.4 Å². The first-order chi connectivity index (χ1) is 12.8. The molecule has 1 aromatic heterocycles. The maximum Gasteiger partial charge on any atom is 0.246 e. The monoisotopic (exact) mass is 385 g/mol. The van der Waals surface area contributed by atoms with Gasteiger partial charge in [0.05, 0.1) is 11.8 Å². The highest BCUT2D eigenvalue weighted by atomic mass is 32.1. The fraction of sp³-hybridized carbons (Fsp3) is 0.524. The first-order valence-electron chi connectivity index (χ1n) is 9.65. The molecule has 2 aromatic rings. The molecule has 0 radical (unpaired) electrons. The number of amides is 1. The SMILES string of the molecule is CCOC1CC(N)(C(=O)Nc2nc(-c3ccc4c(c3)CCC4)cs2)C1(C)C. The summed E-state index contributed by atoms with van der Waals surface area (Å²) in [5.41, 5.74) is 9.98. The van der Waals surface area contributed by atoms with E-state index < -0.39 is 11.0 Å². The summed E-state index contributed by atoms with van der Waals surface area (Å²) < 4.78 is 5.71. The van der Waals surface area contributed by atoms with Gasteiger partial charge in [0.2, 0.25) is 5.91 Å². The molecule has 1 saturated carbocycles. The molecule has 2 aliphatic rings. The van der Waals surface area contributed by atoms with Crippen molar-refractivity contribution in [1.29, 1.82) is 0 Å². The number of nitrogens with two attached hydrogens (primary N) is 1. The van der Waals surface area contributed by atoms with Crippen LogP contribution >= 0.6 is 11.3 Å². The van der Waals surface area contributed by atoms with Crippen molar-refractivity contribution in [3.8, 4) is 11.3 Å². The second kappa shape index (κ2) is 6.69. The normalized spacial score (nSPS) is 25.7. The van der Waals surface area contributed by atoms with E-state index in [1.54, 1.807) is 0 Å². The van der Waals surface area contributed by atoms with Crippen molar-refractivity contribution in [3.05, 3.63) is 34.7 Å². The van der Waals surface area contributed by atoms with Crippen LogP contribution in [0, 0.1) is 5.41 Å². The van der Waals surface area contributed by atoms with Crippen LogP contribution in [0.3, 0.4) is 0 Å². The Balaban J connectivity index is 1.48. The predicted molar refractivity (Wildman–Crippen MR) is 109 cm³/mol. The highest BCUT2D eigenvalue weighted by Crippen LogP contribution is 2.50. The Kier molecular flexibility index (Phi) is 4.61. The van der Waals surface area contributed by atoms with Gasteiger partial charge in [-0.05, 0) is 43.4 Å². The molecule has 1 heterocycles. The summed E-state index contributed by atoms with van der Waals surface area (Å²) in [6.45, 7) is 6.58. The zero-order chi connectivity index (χ0) is 19.2. The maximum absolute atomic E-state index is 12.9. The third kappa shape index (κ3) is 3.00. The van der Waals surface area contributed by atoms with E-state index in [2.05, 4.69) is 28.5 Å². The number of thiazole rings is 1. The number of nitrogens with zero attached hydrogens (tertiary/aromatic N) is 1. The summed E-state index contributed by atoms with van der Waals surface area (Å²) in [5, 5.41) is 5.52. The van der Waals surface area contributed by atoms with Gasteiger partial charge in [-0.2, -0.15) is 0 Å². The summed E-state index contributed by atoms with van der Waals surface area (Å²) >= 11 is 1.44. The molecule has 3 N–H and O–H groups in total. The molecule has 144 valence electrons. The number of carbonyl (C=O) groups is 1. The fourth-order valence-corrected chi connectivity index (χ4v) is 4.94. The molecule has 2 atom stereocenters. The Morgan fingerprint density at radius 3 is 2.89 bits per heavy atom. The van der Waals surface area contributed by atoms with Crippen molar-refractivity contribution in [2.75, 3.05) is 11.9 Å². The minimum absolute atomic E-state index is 0.0107. The van der Waals surface area contributed by atoms with E-state index in [0.29, 0.717) is 18.2 Å². The Morgan fingerprint density at radius 2 is 2.15 bits per heavy atom. The van der Waals surface area contributed by atoms with E-state index in [4.69, 9.17) is 10.5 Å². The molecule has 0 aliphatic heterocycles. The van der Waals surface area contributed by atoms with Crippen LogP contribution in [-0.4, -0.2) is 29.1 Å². The number of hydrogen-bond donors (Lipinski definition) is 2. The number of benzene rings is 1. The van der Waals surface area contributed by atoms with Crippen LogP contribution in [0.5, 0.6) is 0 Å². The molecule has 0 saturated heterocycles. The van der Waals surface area contributed by atoms with E-state index in [9.17, 15) is 4.79 Å². The van der Waals surface area contributed by atoms with E-state index in [1.807, 2.05) is 26.2 Å². The molecule has 0 bridgehead atoms. The second-order valence-corrected chi connectivity index (χ2v) is 9.03. The topological polar surface area (TPSA) is 77.2 Å². The highest BCUT2D eigenvalue weighted by Gasteiger charge is 2.63. The minimum atomic E-state index is -0.938. The Hall–Kier alpha value is -1.76. The van der Waals surface area contributed by atoms with Crippen LogP contribution < -0.4 is 11.1 Å². The molecule has 5 nitrogen and oxygen atoms in total. The number of anilines is 1. The summed E-state index contributed by atoms with van der Waals surface area (Å²) in [4.78, 5) is 17.5. The van der Waals surface area contributed by atoms with Crippen molar-refractivity contribution in [2.45, 2.75) is 58.1 Å². The fourth-order valence-electron chi connectivity index (χ4n) is 4.22. The minimum Gasteiger partial charge on any atom is -0.378 e. The van der Waals surface area contributed by atoms with Gasteiger partial charge in [-0.3, -0.25) is 4.79 Å². The molecule has 4 rings (SSSR count). The number of aromatic nitrogens is 1. The molecule has 0 spiro atoms. The molecule has 1 amide bonds. The van der Waals surface area contributed by atoms with Gasteiger partial charge >= 0.3 is 0 Å². The molecule has 27 heavy (non-hydrogen) atoms. The first-order valence-corrected chi connectivity index (χ1v) is 10.5. The highest BCUT2D eigenvalue weighted by molar-refractivity contribution is 7.14. The van der Waals surface area contributed by atoms with Crippen LogP contribution in [0.25, 0.3) is 11.3 Å². The van der Waals surface area contributed by atoms with Crippen molar-refractivity contribution in [3.63, 3.8) is 0 Å². The zero-order valence-corrected chi connectivity index (χ0v) is 17.0. The van der Waals surface area contributed by atoms with Gasteiger partial charge in [0, 0.05) is 29.4 Å². The Labute approximate surface area is 164 Å². The van der Waals surface area contributed by atoms with Gasteiger partial charge in [-0.25, -0.2) is 4.98 Å². The lowest BCUT2D eigenvalue weighted by molar-refractivity contribution is -0.166. The quantitative estimate of drug-likeness (QED) is 0.821. The Morgan fingerprint density at radius 1 is 1.37 bits per heavy atom. The zero-order valence-electron chi connectivity index (χ0n) is 16.2. The standard InChI is InChI=1S/C21H27N3O2S/c1-4-26-17-11-21(22,20(17,2)3)18(25)24-19-23-16(12-27-19)15-9-8-13-6-5-7-14(13)10-15/h8-10,12,17H,4-7,11,22H2,1-3H3,(H,23,24,25). The average Bonchev–Trinajstić information content (AvgIpc) is 3.29. The van der Waals surface area contributed by atoms with Gasteiger partial charge in [-0.15, -0.1) is 11.3 Å². The molecule has 1 fully saturated rings. The smallest absolute Gasteiger partial charge is 0.246 e. The largest absolute Gasteiger partial charge is 0.378 e. The lowest BCUT2D eigenvalue weighted by Gasteiger charge is -2.57. The van der Waals surface area contributed by atoms with Gasteiger partial charge in [0.1, 0.15) is 5.54 Å². The molecule has 2 aliphatic carbocycles. The molecule has 2 unspecified atom stereocenters. The number of nitrogens with one attached hydrogen (secondary N) is 1. The number of rotatable bonds is 5. The molecular weight excluding hydrogens is 358 g/mol. The van der Waals surface area contributed by atoms with Crippen LogP contribution in [0.1, 0.15) is 44.7 Å². The van der Waals surface area contributed by atoms with E-state index >= 15 is 0 Å². The third-order valence-corrected chi connectivity index (χ3v) is 7.11. The summed E-state index contributed by atoms with van der Waals surface area (Å²) in [6.07, 6.45) is 4.08. The van der Waals surface area contributed by atoms with Crippen LogP contribution in [-0.2, 0) is 22.4 Å². The maximum atomic E-state index is 12.9. The number of hydrogen-bond acceptors (Lipinski definition) is 5. The van der Waals surface area contributed by atoms with E-state index in [1.165, 1.54) is 35.3 Å². The van der Waals surface area contributed by atoms with Gasteiger partial charge in [-0.1, -0.05) is 26.0 Å². The number of aryl methyl sites for hydroxylation is 2. The van der Waals surface area contributed by atoms with Crippen LogP contribution in [0.15, 0.2) is 23.6 Å². The van der Waals surface area contributed by atoms with Gasteiger partial charge in [0.25, 0.3) is 0 Å². The summed E-state index contributed by atoms with van der Waals surface area (Å²) in [6, 6.07) is 6.56. The summed E-state index contributed by atoms with van der Waals surface area (Å²) in [7, 11) is 0. The summed E-state index contributed by atoms with van der Waals surface area (Å²) in [5.74, 6) is -0.182. The second-order valence-electron chi connectivity index (χ2n) is 8.17. The predicted octanol–water partition coefficient (Wildman–Crippen LogP) is 3.77. The van der Waals surface area contributed by atoms with Crippen molar-refractivity contribution in [1.82, 2.24) is 4.98 Å². The number of fused-ring (bicyclic) bond motifs is 1. The molecular formula is C21H27N3O2S. The first kappa shape index (κ1) is 18.6. The van der Waals surface area contributed by atoms with Gasteiger partial charge in [0.15, 0.2) is 5.13 Å². The van der Waals surface area contributed by atoms with Crippen molar-refractivity contribution < 1.29 is 9.53 Å². The van der Waals surface area contributed by atoms with E-state index in [0.717, 1.165) is 17.7 Å². The van der Waals surface area contributed by atoms with Crippen molar-refractivity contribution in [2.24, 2.45) is 11.1 Å². The molecule has 6 heteroatoms. The van der Waals surface area contributed by atoms with E-state index in [-0.39, 0.29) is 12.0 Å². The van der Waals surface area contributed by atoms with Gasteiger partial charge < -0.3 is 15.8 Å². The average molecular weight is 386 g/mol. The molecule has 1 aromatic carbocycles. The van der Waals surface area contributed by atoms with Crippen LogP contribution in [0.2, 0.25) is 0 Å². The Bertz CT molecular complexity index is 876. The third-order valence-electron chi connectivity index (χ3n) is 6.35. The lowest BCUT2D eigenvalue weighted by atomic mass is 9.54. The lowest BCUT2D eigenvalue weighted by Crippen LogP contribution is -2.74. The van der Waals surface area contributed by atoms with Crippen LogP contribution in [0.4, 0.5) is 5.13 Å².